The molecule has 13 nitrogen and oxygen atoms in total. The molecular formula is C32H36N10O3. The smallest absolute Gasteiger partial charge is 0.206 e. The second kappa shape index (κ2) is 10.4. The molecule has 232 valence electrons. The number of ether oxygens (including phenoxy) is 3. The van der Waals surface area contributed by atoms with Crippen LogP contribution in [-0.4, -0.2) is 117 Å². The summed E-state index contributed by atoms with van der Waals surface area (Å²) in [6.07, 6.45) is 6.63. The van der Waals surface area contributed by atoms with Crippen molar-refractivity contribution < 1.29 is 14.2 Å². The standard InChI is InChI=1S/C32H36N10O3/c1-19-23-14-34-42(26(23)11-25(35-19)24-13-33-5-4-28(24)43-3)29-12-27-30(31(36-29)41-16-22-10-20(41)18-45-22)37-32(38(27)2)40-7-6-39-8-9-44-17-21(39)15-40/h4-5,11-14,20-22H,6-10,15-18H2,1-3H3/t20-,21-,22-/m1/s1. The predicted octanol–water partition coefficient (Wildman–Crippen LogP) is 2.58. The van der Waals surface area contributed by atoms with E-state index in [9.17, 15) is 0 Å². The molecule has 4 saturated heterocycles. The molecule has 4 aliphatic heterocycles. The number of piperazine rings is 1. The van der Waals surface area contributed by atoms with Crippen LogP contribution >= 0.6 is 0 Å². The summed E-state index contributed by atoms with van der Waals surface area (Å²) < 4.78 is 21.6. The van der Waals surface area contributed by atoms with Crippen LogP contribution in [0.4, 0.5) is 11.8 Å². The number of morpholine rings is 2. The van der Waals surface area contributed by atoms with Crippen molar-refractivity contribution in [3.05, 3.63) is 42.5 Å². The largest absolute Gasteiger partial charge is 0.496 e. The van der Waals surface area contributed by atoms with Gasteiger partial charge in [-0.3, -0.25) is 14.9 Å². The summed E-state index contributed by atoms with van der Waals surface area (Å²) in [4.78, 5) is 27.2. The fraction of sp³-hybridized carbons (Fsp3) is 0.469. The Hall–Kier alpha value is -4.33. The van der Waals surface area contributed by atoms with E-state index in [1.54, 1.807) is 19.5 Å². The van der Waals surface area contributed by atoms with E-state index < -0.39 is 0 Å². The van der Waals surface area contributed by atoms with Gasteiger partial charge in [0, 0.05) is 69.3 Å². The first kappa shape index (κ1) is 27.0. The summed E-state index contributed by atoms with van der Waals surface area (Å²) in [5, 5.41) is 5.83. The molecule has 0 unspecified atom stereocenters. The molecule has 5 aromatic rings. The van der Waals surface area contributed by atoms with Gasteiger partial charge in [0.05, 0.1) is 73.6 Å². The Bertz CT molecular complexity index is 1940. The molecule has 4 fully saturated rings. The number of anilines is 2. The van der Waals surface area contributed by atoms with Crippen molar-refractivity contribution in [1.29, 1.82) is 0 Å². The van der Waals surface area contributed by atoms with Crippen molar-refractivity contribution >= 4 is 33.7 Å². The molecule has 9 rings (SSSR count). The zero-order valence-corrected chi connectivity index (χ0v) is 25.8. The van der Waals surface area contributed by atoms with Crippen LogP contribution in [0.3, 0.4) is 0 Å². The third-order valence-corrected chi connectivity index (χ3v) is 9.96. The highest BCUT2D eigenvalue weighted by molar-refractivity contribution is 5.92. The van der Waals surface area contributed by atoms with E-state index in [0.29, 0.717) is 18.7 Å². The highest BCUT2D eigenvalue weighted by atomic mass is 16.5. The van der Waals surface area contributed by atoms with E-state index in [2.05, 4.69) is 37.4 Å². The first-order valence-electron chi connectivity index (χ1n) is 15.7. The van der Waals surface area contributed by atoms with Crippen LogP contribution < -0.4 is 14.5 Å². The van der Waals surface area contributed by atoms with Gasteiger partial charge in [-0.05, 0) is 25.5 Å². The van der Waals surface area contributed by atoms with E-state index in [1.807, 2.05) is 29.9 Å². The van der Waals surface area contributed by atoms with Crippen LogP contribution in [0.1, 0.15) is 12.1 Å². The monoisotopic (exact) mass is 608 g/mol. The van der Waals surface area contributed by atoms with Gasteiger partial charge in [0.1, 0.15) is 11.3 Å². The number of hydrogen-bond acceptors (Lipinski definition) is 11. The number of hydrogen-bond donors (Lipinski definition) is 0. The highest BCUT2D eigenvalue weighted by Crippen LogP contribution is 2.38. The number of aryl methyl sites for hydroxylation is 2. The summed E-state index contributed by atoms with van der Waals surface area (Å²) >= 11 is 0. The second-order valence-electron chi connectivity index (χ2n) is 12.5. The molecule has 0 radical (unpaired) electrons. The minimum Gasteiger partial charge on any atom is -0.496 e. The summed E-state index contributed by atoms with van der Waals surface area (Å²) in [7, 11) is 3.78. The Morgan fingerprint density at radius 1 is 0.978 bits per heavy atom. The molecule has 0 amide bonds. The maximum absolute atomic E-state index is 5.98. The maximum Gasteiger partial charge on any atom is 0.206 e. The Labute approximate surface area is 260 Å². The SMILES string of the molecule is COc1ccncc1-c1cc2c(cnn2-c2cc3c(nc(N4CCN5CCOC[C@H]5C4)n3C)c(N3C[C@H]4C[C@@H]3CO4)n2)c(C)n1. The number of methoxy groups -OCH3 is 1. The number of aromatic nitrogens is 7. The first-order valence-corrected chi connectivity index (χ1v) is 15.7. The van der Waals surface area contributed by atoms with Crippen LogP contribution in [0, 0.1) is 6.92 Å². The lowest BCUT2D eigenvalue weighted by Crippen LogP contribution is -2.58. The predicted molar refractivity (Wildman–Crippen MR) is 169 cm³/mol. The molecule has 0 spiro atoms. The van der Waals surface area contributed by atoms with Crippen molar-refractivity contribution in [3.8, 4) is 22.8 Å². The minimum absolute atomic E-state index is 0.231. The van der Waals surface area contributed by atoms with Gasteiger partial charge >= 0.3 is 0 Å². The topological polar surface area (TPSA) is 112 Å². The Morgan fingerprint density at radius 2 is 1.91 bits per heavy atom. The Kier molecular flexibility index (Phi) is 6.22. The Morgan fingerprint density at radius 3 is 2.76 bits per heavy atom. The third kappa shape index (κ3) is 4.28. The van der Waals surface area contributed by atoms with Crippen LogP contribution in [0.15, 0.2) is 36.8 Å². The molecule has 9 heterocycles. The molecule has 0 N–H and O–H groups in total. The molecular weight excluding hydrogens is 572 g/mol. The molecule has 13 heteroatoms. The van der Waals surface area contributed by atoms with Crippen LogP contribution in [0.5, 0.6) is 5.75 Å². The van der Waals surface area contributed by atoms with Gasteiger partial charge in [0.25, 0.3) is 0 Å². The maximum atomic E-state index is 5.98. The van der Waals surface area contributed by atoms with E-state index in [1.165, 1.54) is 0 Å². The van der Waals surface area contributed by atoms with Gasteiger partial charge in [-0.2, -0.15) is 5.10 Å². The van der Waals surface area contributed by atoms with Crippen LogP contribution in [0.2, 0.25) is 0 Å². The lowest BCUT2D eigenvalue weighted by atomic mass is 10.1. The molecule has 0 saturated carbocycles. The van der Waals surface area contributed by atoms with Gasteiger partial charge in [-0.25, -0.2) is 14.6 Å². The number of fused-ring (bicyclic) bond motifs is 5. The van der Waals surface area contributed by atoms with Gasteiger partial charge in [0.15, 0.2) is 11.6 Å². The molecule has 5 aromatic heterocycles. The van der Waals surface area contributed by atoms with Crippen molar-refractivity contribution in [3.63, 3.8) is 0 Å². The van der Waals surface area contributed by atoms with E-state index in [0.717, 1.165) is 115 Å². The normalized spacial score (nSPS) is 23.4. The fourth-order valence-corrected chi connectivity index (χ4v) is 7.57. The number of nitrogens with zero attached hydrogens (tertiary/aromatic N) is 10. The van der Waals surface area contributed by atoms with Crippen LogP contribution in [0.25, 0.3) is 39.0 Å². The first-order chi connectivity index (χ1) is 22.1. The second-order valence-corrected chi connectivity index (χ2v) is 12.5. The lowest BCUT2D eigenvalue weighted by Gasteiger charge is -2.43. The molecule has 4 aliphatic rings. The van der Waals surface area contributed by atoms with Crippen LogP contribution in [-0.2, 0) is 16.5 Å². The minimum atomic E-state index is 0.231. The van der Waals surface area contributed by atoms with Crippen molar-refractivity contribution in [2.45, 2.75) is 31.5 Å². The van der Waals surface area contributed by atoms with Gasteiger partial charge in [-0.1, -0.05) is 0 Å². The van der Waals surface area contributed by atoms with E-state index >= 15 is 0 Å². The summed E-state index contributed by atoms with van der Waals surface area (Å²) in [5.41, 5.74) is 5.35. The Balaban J connectivity index is 1.19. The summed E-state index contributed by atoms with van der Waals surface area (Å²) in [6, 6.07) is 6.69. The molecule has 45 heavy (non-hydrogen) atoms. The zero-order valence-electron chi connectivity index (χ0n) is 25.8. The van der Waals surface area contributed by atoms with E-state index in [-0.39, 0.29) is 6.10 Å². The average Bonchev–Trinajstić information content (AvgIpc) is 3.88. The van der Waals surface area contributed by atoms with Crippen molar-refractivity contribution in [2.75, 3.05) is 69.5 Å². The highest BCUT2D eigenvalue weighted by Gasteiger charge is 2.41. The zero-order chi connectivity index (χ0) is 30.2. The van der Waals surface area contributed by atoms with Gasteiger partial charge in [0.2, 0.25) is 5.95 Å². The summed E-state index contributed by atoms with van der Waals surface area (Å²) in [6.45, 7) is 8.96. The van der Waals surface area contributed by atoms with Gasteiger partial charge < -0.3 is 28.6 Å². The number of pyridine rings is 3. The molecule has 0 aliphatic carbocycles. The molecule has 0 aromatic carbocycles. The lowest BCUT2D eigenvalue weighted by molar-refractivity contribution is -0.0119. The van der Waals surface area contributed by atoms with Crippen molar-refractivity contribution in [1.82, 2.24) is 39.2 Å². The fourth-order valence-electron chi connectivity index (χ4n) is 7.57. The number of rotatable bonds is 5. The molecule has 3 atom stereocenters. The quantitative estimate of drug-likeness (QED) is 0.294. The van der Waals surface area contributed by atoms with Crippen molar-refractivity contribution in [2.24, 2.45) is 7.05 Å². The van der Waals surface area contributed by atoms with E-state index in [4.69, 9.17) is 34.3 Å². The average molecular weight is 609 g/mol. The number of imidazole rings is 1. The third-order valence-electron chi connectivity index (χ3n) is 9.96. The van der Waals surface area contributed by atoms with Gasteiger partial charge in [-0.15, -0.1) is 0 Å². The molecule has 2 bridgehead atoms. The summed E-state index contributed by atoms with van der Waals surface area (Å²) in [5.74, 6) is 3.32.